The molecule has 7 heteroatoms. The van der Waals surface area contributed by atoms with Crippen molar-refractivity contribution < 1.29 is 4.79 Å². The van der Waals surface area contributed by atoms with E-state index >= 15 is 0 Å². The van der Waals surface area contributed by atoms with Gasteiger partial charge in [-0.25, -0.2) is 0 Å². The van der Waals surface area contributed by atoms with Crippen LogP contribution in [0.25, 0.3) is 0 Å². The molecule has 1 amide bonds. The van der Waals surface area contributed by atoms with E-state index in [0.717, 1.165) is 24.2 Å². The Morgan fingerprint density at radius 2 is 2.00 bits per heavy atom. The Balaban J connectivity index is 0.00000441. The molecule has 22 heavy (non-hydrogen) atoms. The second-order valence-electron chi connectivity index (χ2n) is 4.98. The summed E-state index contributed by atoms with van der Waals surface area (Å²) in [6.07, 6.45) is 1.75. The molecule has 1 aromatic heterocycles. The number of rotatable bonds is 7. The van der Waals surface area contributed by atoms with Crippen LogP contribution in [0.5, 0.6) is 0 Å². The zero-order chi connectivity index (χ0) is 15.8. The number of aromatic nitrogens is 1. The van der Waals surface area contributed by atoms with Gasteiger partial charge >= 0.3 is 0 Å². The lowest BCUT2D eigenvalue weighted by molar-refractivity contribution is -0.121. The number of pyridine rings is 1. The smallest absolute Gasteiger partial charge is 0.266 e. The molecule has 1 heterocycles. The van der Waals surface area contributed by atoms with Crippen LogP contribution in [0.15, 0.2) is 4.79 Å². The van der Waals surface area contributed by atoms with Gasteiger partial charge in [-0.1, -0.05) is 0 Å². The molecule has 0 radical (unpaired) electrons. The summed E-state index contributed by atoms with van der Waals surface area (Å²) in [7, 11) is 1.87. The number of aromatic amines is 1. The first kappa shape index (κ1) is 20.2. The Bertz CT molecular complexity index is 605. The number of aryl methyl sites for hydroxylation is 1. The zero-order valence-electron chi connectivity index (χ0n) is 13.2. The summed E-state index contributed by atoms with van der Waals surface area (Å²) in [6.45, 7) is 5.05. The maximum absolute atomic E-state index is 11.8. The topological polar surface area (TPSA) is 97.8 Å². The number of nitrogens with zero attached hydrogens (tertiary/aromatic N) is 1. The van der Waals surface area contributed by atoms with Gasteiger partial charge in [0, 0.05) is 18.7 Å². The van der Waals surface area contributed by atoms with Crippen molar-refractivity contribution in [1.82, 2.24) is 15.6 Å². The molecular formula is C15H23ClN4O2. The first-order valence-electron chi connectivity index (χ1n) is 7.05. The molecule has 0 aromatic carbocycles. The molecule has 0 aliphatic rings. The molecule has 122 valence electrons. The lowest BCUT2D eigenvalue weighted by Crippen LogP contribution is -2.27. The van der Waals surface area contributed by atoms with Crippen molar-refractivity contribution in [3.63, 3.8) is 0 Å². The van der Waals surface area contributed by atoms with Crippen molar-refractivity contribution in [2.45, 2.75) is 33.1 Å². The van der Waals surface area contributed by atoms with Gasteiger partial charge in [-0.05, 0) is 51.4 Å². The fraction of sp³-hybridized carbons (Fsp3) is 0.533. The zero-order valence-corrected chi connectivity index (χ0v) is 14.0. The largest absolute Gasteiger partial charge is 0.356 e. The van der Waals surface area contributed by atoms with Crippen LogP contribution < -0.4 is 16.2 Å². The van der Waals surface area contributed by atoms with Gasteiger partial charge in [-0.3, -0.25) is 9.59 Å². The molecular weight excluding hydrogens is 304 g/mol. The highest BCUT2D eigenvalue weighted by Crippen LogP contribution is 2.14. The van der Waals surface area contributed by atoms with E-state index in [-0.39, 0.29) is 29.4 Å². The van der Waals surface area contributed by atoms with Crippen molar-refractivity contribution >= 4 is 18.3 Å². The van der Waals surface area contributed by atoms with Gasteiger partial charge in [-0.2, -0.15) is 5.26 Å². The number of nitrogens with one attached hydrogen (secondary N) is 3. The lowest BCUT2D eigenvalue weighted by Gasteiger charge is -2.11. The summed E-state index contributed by atoms with van der Waals surface area (Å²) in [6, 6.07) is 1.92. The van der Waals surface area contributed by atoms with Crippen molar-refractivity contribution in [3.05, 3.63) is 32.7 Å². The SMILES string of the molecule is CNCCCNC(=O)CCc1c(C)[nH]c(=O)c(C#N)c1C.Cl. The molecule has 0 spiro atoms. The van der Waals surface area contributed by atoms with Gasteiger partial charge in [0.2, 0.25) is 5.91 Å². The van der Waals surface area contributed by atoms with Crippen LogP contribution in [0, 0.1) is 25.2 Å². The monoisotopic (exact) mass is 326 g/mol. The Morgan fingerprint density at radius 1 is 1.32 bits per heavy atom. The Kier molecular flexibility index (Phi) is 9.15. The number of carbonyl (C=O) groups is 1. The molecule has 0 atom stereocenters. The summed E-state index contributed by atoms with van der Waals surface area (Å²) >= 11 is 0. The Hall–Kier alpha value is -1.84. The molecule has 0 saturated carbocycles. The van der Waals surface area contributed by atoms with E-state index in [4.69, 9.17) is 5.26 Å². The summed E-state index contributed by atoms with van der Waals surface area (Å²) in [5, 5.41) is 14.9. The van der Waals surface area contributed by atoms with E-state index < -0.39 is 0 Å². The minimum atomic E-state index is -0.368. The van der Waals surface area contributed by atoms with Gasteiger partial charge in [0.15, 0.2) is 0 Å². The summed E-state index contributed by atoms with van der Waals surface area (Å²) < 4.78 is 0. The van der Waals surface area contributed by atoms with E-state index in [1.165, 1.54) is 0 Å². The van der Waals surface area contributed by atoms with E-state index in [0.29, 0.717) is 24.9 Å². The average molecular weight is 327 g/mol. The predicted octanol–water partition coefficient (Wildman–Crippen LogP) is 0.944. The third kappa shape index (κ3) is 5.51. The van der Waals surface area contributed by atoms with Gasteiger partial charge in [-0.15, -0.1) is 12.4 Å². The van der Waals surface area contributed by atoms with E-state index in [9.17, 15) is 9.59 Å². The quantitative estimate of drug-likeness (QED) is 0.650. The molecule has 6 nitrogen and oxygen atoms in total. The molecule has 0 fully saturated rings. The van der Waals surface area contributed by atoms with Gasteiger partial charge in [0.05, 0.1) is 0 Å². The highest BCUT2D eigenvalue weighted by Gasteiger charge is 2.13. The molecule has 0 aliphatic carbocycles. The lowest BCUT2D eigenvalue weighted by atomic mass is 9.99. The Labute approximate surface area is 136 Å². The highest BCUT2D eigenvalue weighted by atomic mass is 35.5. The third-order valence-corrected chi connectivity index (χ3v) is 3.45. The van der Waals surface area contributed by atoms with Crippen LogP contribution >= 0.6 is 12.4 Å². The Morgan fingerprint density at radius 3 is 2.59 bits per heavy atom. The van der Waals surface area contributed by atoms with Gasteiger partial charge in [0.1, 0.15) is 11.6 Å². The molecule has 0 aliphatic heterocycles. The normalized spacial score (nSPS) is 9.73. The molecule has 3 N–H and O–H groups in total. The van der Waals surface area contributed by atoms with Crippen molar-refractivity contribution in [1.29, 1.82) is 5.26 Å². The fourth-order valence-corrected chi connectivity index (χ4v) is 2.24. The predicted molar refractivity (Wildman–Crippen MR) is 88.4 cm³/mol. The van der Waals surface area contributed by atoms with Crippen LogP contribution in [0.3, 0.4) is 0 Å². The molecule has 0 saturated heterocycles. The van der Waals surface area contributed by atoms with Crippen LogP contribution in [-0.2, 0) is 11.2 Å². The first-order chi connectivity index (χ1) is 10.0. The second kappa shape index (κ2) is 9.98. The highest BCUT2D eigenvalue weighted by molar-refractivity contribution is 5.85. The summed E-state index contributed by atoms with van der Waals surface area (Å²) in [5.74, 6) is -0.0189. The molecule has 0 unspecified atom stereocenters. The third-order valence-electron chi connectivity index (χ3n) is 3.45. The maximum atomic E-state index is 11.8. The molecule has 0 bridgehead atoms. The minimum Gasteiger partial charge on any atom is -0.356 e. The van der Waals surface area contributed by atoms with Crippen molar-refractivity contribution in [2.75, 3.05) is 20.1 Å². The average Bonchev–Trinajstić information content (AvgIpc) is 2.43. The fourth-order valence-electron chi connectivity index (χ4n) is 2.24. The summed E-state index contributed by atoms with van der Waals surface area (Å²) in [4.78, 5) is 26.0. The number of nitriles is 1. The standard InChI is InChI=1S/C15H22N4O2.ClH/c1-10-12(11(2)19-15(21)13(10)9-16)5-6-14(20)18-8-4-7-17-3;/h17H,4-8H2,1-3H3,(H,18,20)(H,19,21);1H. The van der Waals surface area contributed by atoms with Crippen LogP contribution in [0.2, 0.25) is 0 Å². The molecule has 1 aromatic rings. The number of halogens is 1. The van der Waals surface area contributed by atoms with Crippen LogP contribution in [-0.4, -0.2) is 31.0 Å². The minimum absolute atomic E-state index is 0. The number of carbonyl (C=O) groups excluding carboxylic acids is 1. The number of amides is 1. The van der Waals surface area contributed by atoms with Gasteiger partial charge < -0.3 is 15.6 Å². The van der Waals surface area contributed by atoms with Gasteiger partial charge in [0.25, 0.3) is 5.56 Å². The number of hydrogen-bond acceptors (Lipinski definition) is 4. The van der Waals surface area contributed by atoms with Crippen molar-refractivity contribution in [3.8, 4) is 6.07 Å². The van der Waals surface area contributed by atoms with Crippen LogP contribution in [0.4, 0.5) is 0 Å². The van der Waals surface area contributed by atoms with E-state index in [2.05, 4.69) is 15.6 Å². The van der Waals surface area contributed by atoms with Crippen molar-refractivity contribution in [2.24, 2.45) is 0 Å². The van der Waals surface area contributed by atoms with E-state index in [1.807, 2.05) is 13.1 Å². The first-order valence-corrected chi connectivity index (χ1v) is 7.05. The number of hydrogen-bond donors (Lipinski definition) is 3. The molecule has 1 rings (SSSR count). The second-order valence-corrected chi connectivity index (χ2v) is 4.98. The van der Waals surface area contributed by atoms with Crippen LogP contribution in [0.1, 0.15) is 35.2 Å². The summed E-state index contributed by atoms with van der Waals surface area (Å²) in [5.41, 5.74) is 2.02. The number of H-pyrrole nitrogens is 1. The maximum Gasteiger partial charge on any atom is 0.266 e. The van der Waals surface area contributed by atoms with E-state index in [1.54, 1.807) is 13.8 Å².